The third-order valence-electron chi connectivity index (χ3n) is 7.72. The normalized spacial score (nSPS) is 20.4. The zero-order valence-electron chi connectivity index (χ0n) is 23.7. The van der Waals surface area contributed by atoms with Crippen LogP contribution in [0.5, 0.6) is 5.88 Å². The van der Waals surface area contributed by atoms with Crippen LogP contribution in [-0.4, -0.2) is 80.1 Å². The first kappa shape index (κ1) is 28.3. The lowest BCUT2D eigenvalue weighted by Crippen LogP contribution is -2.53. The van der Waals surface area contributed by atoms with E-state index in [0.717, 1.165) is 18.4 Å². The number of carbonyl (C=O) groups is 3. The minimum atomic E-state index is -0.531. The summed E-state index contributed by atoms with van der Waals surface area (Å²) in [5.41, 5.74) is 1.51. The molecule has 216 valence electrons. The van der Waals surface area contributed by atoms with Gasteiger partial charge < -0.3 is 19.9 Å². The summed E-state index contributed by atoms with van der Waals surface area (Å²) in [4.78, 5) is 53.0. The van der Waals surface area contributed by atoms with Crippen molar-refractivity contribution in [2.75, 3.05) is 26.7 Å². The molecule has 0 radical (unpaired) electrons. The number of rotatable bonds is 4. The monoisotopic (exact) mass is 559 g/mol. The first-order valence-corrected chi connectivity index (χ1v) is 14.3. The van der Waals surface area contributed by atoms with Crippen molar-refractivity contribution in [2.45, 2.75) is 64.1 Å². The number of benzene rings is 1. The van der Waals surface area contributed by atoms with Crippen LogP contribution in [0.25, 0.3) is 0 Å². The molecule has 3 aromatic rings. The third kappa shape index (κ3) is 6.72. The van der Waals surface area contributed by atoms with E-state index in [1.807, 2.05) is 37.3 Å². The number of fused-ring (bicyclic) bond motifs is 2. The molecule has 4 heterocycles. The van der Waals surface area contributed by atoms with E-state index in [2.05, 4.69) is 15.4 Å². The number of ether oxygens (including phenoxy) is 1. The average molecular weight is 560 g/mol. The molecule has 0 unspecified atom stereocenters. The molecule has 1 fully saturated rings. The highest BCUT2D eigenvalue weighted by Crippen LogP contribution is 2.23. The van der Waals surface area contributed by atoms with E-state index in [1.54, 1.807) is 32.8 Å². The van der Waals surface area contributed by atoms with Crippen LogP contribution in [0.4, 0.5) is 0 Å². The van der Waals surface area contributed by atoms with Gasteiger partial charge in [-0.15, -0.1) is 0 Å². The maximum absolute atomic E-state index is 13.7. The Morgan fingerprint density at radius 1 is 1.05 bits per heavy atom. The van der Waals surface area contributed by atoms with Gasteiger partial charge in [-0.1, -0.05) is 30.3 Å². The van der Waals surface area contributed by atoms with E-state index in [4.69, 9.17) is 9.72 Å². The Hall–Kier alpha value is -4.28. The van der Waals surface area contributed by atoms with Crippen molar-refractivity contribution in [1.29, 1.82) is 0 Å². The molecule has 2 aromatic heterocycles. The van der Waals surface area contributed by atoms with Gasteiger partial charge in [0.05, 0.1) is 19.7 Å². The molecule has 5 rings (SSSR count). The van der Waals surface area contributed by atoms with Gasteiger partial charge in [0.1, 0.15) is 17.7 Å². The van der Waals surface area contributed by atoms with Crippen molar-refractivity contribution in [3.05, 3.63) is 71.4 Å². The number of aryl methyl sites for hydroxylation is 1. The van der Waals surface area contributed by atoms with Crippen molar-refractivity contribution < 1.29 is 19.1 Å². The summed E-state index contributed by atoms with van der Waals surface area (Å²) in [6, 6.07) is 12.2. The largest absolute Gasteiger partial charge is 0.481 e. The number of aromatic nitrogens is 4. The number of piperidine rings is 1. The van der Waals surface area contributed by atoms with E-state index in [0.29, 0.717) is 68.5 Å². The number of hydrogen-bond donors (Lipinski definition) is 1. The van der Waals surface area contributed by atoms with E-state index in [1.165, 1.54) is 7.11 Å². The second kappa shape index (κ2) is 12.9. The van der Waals surface area contributed by atoms with Crippen LogP contribution in [0.15, 0.2) is 48.7 Å². The molecule has 2 atom stereocenters. The lowest BCUT2D eigenvalue weighted by Gasteiger charge is -2.36. The summed E-state index contributed by atoms with van der Waals surface area (Å²) in [5, 5.41) is 7.87. The molecule has 1 saturated heterocycles. The third-order valence-corrected chi connectivity index (χ3v) is 7.72. The summed E-state index contributed by atoms with van der Waals surface area (Å²) >= 11 is 0. The number of carbonyl (C=O) groups excluding carboxylic acids is 3. The lowest BCUT2D eigenvalue weighted by atomic mass is 9.99. The Labute approximate surface area is 239 Å². The Kier molecular flexibility index (Phi) is 8.91. The van der Waals surface area contributed by atoms with Gasteiger partial charge in [-0.3, -0.25) is 14.4 Å². The number of nitrogens with one attached hydrogen (secondary N) is 1. The highest BCUT2D eigenvalue weighted by molar-refractivity contribution is 5.94. The van der Waals surface area contributed by atoms with Gasteiger partial charge in [0, 0.05) is 43.9 Å². The predicted octanol–water partition coefficient (Wildman–Crippen LogP) is 2.71. The smallest absolute Gasteiger partial charge is 0.254 e. The predicted molar refractivity (Wildman–Crippen MR) is 151 cm³/mol. The molecular weight excluding hydrogens is 522 g/mol. The second-order valence-electron chi connectivity index (χ2n) is 10.6. The number of hydrogen-bond acceptors (Lipinski definition) is 7. The van der Waals surface area contributed by atoms with Crippen LogP contribution in [-0.2, 0) is 22.6 Å². The van der Waals surface area contributed by atoms with Crippen molar-refractivity contribution >= 4 is 17.7 Å². The Bertz CT molecular complexity index is 1380. The molecular formula is C30H37N7O4. The summed E-state index contributed by atoms with van der Waals surface area (Å²) in [7, 11) is 1.51. The maximum Gasteiger partial charge on any atom is 0.254 e. The zero-order valence-corrected chi connectivity index (χ0v) is 23.7. The molecule has 11 heteroatoms. The van der Waals surface area contributed by atoms with Crippen LogP contribution in [0.3, 0.4) is 0 Å². The fourth-order valence-electron chi connectivity index (χ4n) is 5.65. The van der Waals surface area contributed by atoms with Crippen LogP contribution in [0.2, 0.25) is 0 Å². The SMILES string of the molecule is COc1cc(C(=O)N2CCCC(=O)N3CCCC[C@H]3C(=O)N[C@H](Cc3ccccc3)c3nc(C)nn3CC2)ccn1. The molecule has 0 saturated carbocycles. The minimum absolute atomic E-state index is 0.0569. The molecule has 0 spiro atoms. The lowest BCUT2D eigenvalue weighted by molar-refractivity contribution is -0.142. The van der Waals surface area contributed by atoms with Gasteiger partial charge in [-0.2, -0.15) is 5.10 Å². The number of nitrogens with zero attached hydrogens (tertiary/aromatic N) is 6. The van der Waals surface area contributed by atoms with Gasteiger partial charge in [0.15, 0.2) is 0 Å². The highest BCUT2D eigenvalue weighted by atomic mass is 16.5. The average Bonchev–Trinajstić information content (AvgIpc) is 3.38. The molecule has 2 aliphatic heterocycles. The number of methoxy groups -OCH3 is 1. The summed E-state index contributed by atoms with van der Waals surface area (Å²) in [6.07, 6.45) is 5.18. The zero-order chi connectivity index (χ0) is 28.8. The van der Waals surface area contributed by atoms with E-state index < -0.39 is 12.1 Å². The summed E-state index contributed by atoms with van der Waals surface area (Å²) in [6.45, 7) is 3.50. The van der Waals surface area contributed by atoms with Crippen LogP contribution < -0.4 is 10.1 Å². The Balaban J connectivity index is 1.49. The van der Waals surface area contributed by atoms with Gasteiger partial charge in [0.2, 0.25) is 17.7 Å². The maximum atomic E-state index is 13.7. The van der Waals surface area contributed by atoms with Crippen molar-refractivity contribution in [3.63, 3.8) is 0 Å². The van der Waals surface area contributed by atoms with Crippen LogP contribution in [0.1, 0.15) is 65.7 Å². The van der Waals surface area contributed by atoms with E-state index in [9.17, 15) is 14.4 Å². The molecule has 2 aliphatic rings. The summed E-state index contributed by atoms with van der Waals surface area (Å²) in [5.74, 6) is 1.18. The molecule has 41 heavy (non-hydrogen) atoms. The topological polar surface area (TPSA) is 123 Å². The standard InChI is InChI=1S/C30H37N7O4/c1-21-32-28-24(19-22-9-4-3-5-10-22)33-29(39)25-11-6-7-16-36(25)27(38)12-8-15-35(17-18-37(28)34-21)30(40)23-13-14-31-26(20-23)41-2/h3-5,9-10,13-14,20,24-25H,6-8,11-12,15-19H2,1-2H3,(H,33,39)/t24-,25+/m1/s1. The number of pyridine rings is 1. The Morgan fingerprint density at radius 2 is 1.88 bits per heavy atom. The molecule has 1 N–H and O–H groups in total. The van der Waals surface area contributed by atoms with Gasteiger partial charge in [-0.25, -0.2) is 14.6 Å². The first-order chi connectivity index (χ1) is 19.9. The first-order valence-electron chi connectivity index (χ1n) is 14.3. The second-order valence-corrected chi connectivity index (χ2v) is 10.6. The summed E-state index contributed by atoms with van der Waals surface area (Å²) < 4.78 is 7.02. The van der Waals surface area contributed by atoms with Crippen molar-refractivity contribution in [1.82, 2.24) is 34.9 Å². The van der Waals surface area contributed by atoms with E-state index >= 15 is 0 Å². The molecule has 0 bridgehead atoms. The van der Waals surface area contributed by atoms with Gasteiger partial charge >= 0.3 is 0 Å². The van der Waals surface area contributed by atoms with Crippen LogP contribution in [0, 0.1) is 6.92 Å². The minimum Gasteiger partial charge on any atom is -0.481 e. The fourth-order valence-corrected chi connectivity index (χ4v) is 5.65. The van der Waals surface area contributed by atoms with Crippen molar-refractivity contribution in [3.8, 4) is 5.88 Å². The van der Waals surface area contributed by atoms with Crippen molar-refractivity contribution in [2.24, 2.45) is 0 Å². The fraction of sp³-hybridized carbons (Fsp3) is 0.467. The molecule has 0 aliphatic carbocycles. The van der Waals surface area contributed by atoms with Crippen LogP contribution >= 0.6 is 0 Å². The van der Waals surface area contributed by atoms with E-state index in [-0.39, 0.29) is 24.1 Å². The van der Waals surface area contributed by atoms with Gasteiger partial charge in [0.25, 0.3) is 5.91 Å². The number of amides is 3. The quantitative estimate of drug-likeness (QED) is 0.522. The molecule has 3 amide bonds. The molecule has 1 aromatic carbocycles. The molecule has 11 nitrogen and oxygen atoms in total. The Morgan fingerprint density at radius 3 is 2.68 bits per heavy atom. The van der Waals surface area contributed by atoms with Gasteiger partial charge in [-0.05, 0) is 50.7 Å². The highest BCUT2D eigenvalue weighted by Gasteiger charge is 2.34.